The maximum atomic E-state index is 12.5. The van der Waals surface area contributed by atoms with E-state index in [1.165, 1.54) is 0 Å². The summed E-state index contributed by atoms with van der Waals surface area (Å²) in [5.74, 6) is -1.57. The van der Waals surface area contributed by atoms with Crippen LogP contribution in [0, 0.1) is 17.3 Å². The second kappa shape index (κ2) is 6.89. The third-order valence-electron chi connectivity index (χ3n) is 4.88. The molecule has 2 rings (SSSR count). The van der Waals surface area contributed by atoms with E-state index in [9.17, 15) is 19.5 Å². The molecule has 2 N–H and O–H groups in total. The molecular formula is C17H28N2O4. The highest BCUT2D eigenvalue weighted by Gasteiger charge is 2.37. The standard InChI is InChI=1S/C17H28N2O4/c1-17(2,3)16(23)19-9-5-6-11(10-19)14(20)18-13-8-4-7-12(13)15(21)22/h11-13H,4-10H2,1-3H3,(H,18,20)(H,21,22)/t11?,12-,13+/m0/s1. The molecule has 3 atom stereocenters. The van der Waals surface area contributed by atoms with E-state index in [1.54, 1.807) is 4.90 Å². The van der Waals surface area contributed by atoms with Crippen molar-refractivity contribution in [3.63, 3.8) is 0 Å². The summed E-state index contributed by atoms with van der Waals surface area (Å²) < 4.78 is 0. The number of aliphatic carboxylic acids is 1. The van der Waals surface area contributed by atoms with Gasteiger partial charge in [-0.25, -0.2) is 0 Å². The maximum Gasteiger partial charge on any atom is 0.308 e. The molecule has 2 fully saturated rings. The molecule has 0 bridgehead atoms. The van der Waals surface area contributed by atoms with E-state index in [-0.39, 0.29) is 23.8 Å². The number of nitrogens with zero attached hydrogens (tertiary/aromatic N) is 1. The Morgan fingerprint density at radius 3 is 2.39 bits per heavy atom. The van der Waals surface area contributed by atoms with Crippen molar-refractivity contribution in [3.05, 3.63) is 0 Å². The van der Waals surface area contributed by atoms with Crippen molar-refractivity contribution in [2.24, 2.45) is 17.3 Å². The van der Waals surface area contributed by atoms with Crippen molar-refractivity contribution in [2.75, 3.05) is 13.1 Å². The second-order valence-corrected chi connectivity index (χ2v) is 7.83. The molecular weight excluding hydrogens is 296 g/mol. The zero-order valence-corrected chi connectivity index (χ0v) is 14.3. The van der Waals surface area contributed by atoms with Crippen LogP contribution in [-0.4, -0.2) is 46.9 Å². The second-order valence-electron chi connectivity index (χ2n) is 7.83. The SMILES string of the molecule is CC(C)(C)C(=O)N1CCCC(C(=O)N[C@@H]2CCC[C@@H]2C(=O)O)C1. The van der Waals surface area contributed by atoms with Gasteiger partial charge >= 0.3 is 5.97 Å². The Bertz CT molecular complexity index is 483. The minimum absolute atomic E-state index is 0.0688. The fourth-order valence-corrected chi connectivity index (χ4v) is 3.58. The molecule has 1 saturated heterocycles. The predicted molar refractivity (Wildman–Crippen MR) is 85.7 cm³/mol. The van der Waals surface area contributed by atoms with Crippen LogP contribution in [0.2, 0.25) is 0 Å². The van der Waals surface area contributed by atoms with Crippen LogP contribution in [0.3, 0.4) is 0 Å². The lowest BCUT2D eigenvalue weighted by Gasteiger charge is -2.36. The first kappa shape index (κ1) is 17.8. The number of hydrogen-bond donors (Lipinski definition) is 2. The first-order valence-electron chi connectivity index (χ1n) is 8.52. The van der Waals surface area contributed by atoms with Crippen molar-refractivity contribution in [1.29, 1.82) is 0 Å². The topological polar surface area (TPSA) is 86.7 Å². The van der Waals surface area contributed by atoms with Gasteiger partial charge in [0, 0.05) is 24.5 Å². The Kier molecular flexibility index (Phi) is 5.32. The summed E-state index contributed by atoms with van der Waals surface area (Å²) in [5, 5.41) is 12.1. The molecule has 2 aliphatic rings. The van der Waals surface area contributed by atoms with Gasteiger partial charge in [-0.05, 0) is 25.7 Å². The monoisotopic (exact) mass is 324 g/mol. The average Bonchev–Trinajstić information content (AvgIpc) is 2.94. The van der Waals surface area contributed by atoms with Crippen LogP contribution in [-0.2, 0) is 14.4 Å². The summed E-state index contributed by atoms with van der Waals surface area (Å²) in [7, 11) is 0. The summed E-state index contributed by atoms with van der Waals surface area (Å²) in [6, 6.07) is -0.270. The third kappa shape index (κ3) is 4.24. The molecule has 1 heterocycles. The van der Waals surface area contributed by atoms with Crippen LogP contribution in [0.15, 0.2) is 0 Å². The number of carboxylic acids is 1. The molecule has 23 heavy (non-hydrogen) atoms. The van der Waals surface area contributed by atoms with E-state index in [0.29, 0.717) is 19.5 Å². The van der Waals surface area contributed by atoms with Gasteiger partial charge in [0.2, 0.25) is 11.8 Å². The van der Waals surface area contributed by atoms with E-state index >= 15 is 0 Å². The highest BCUT2D eigenvalue weighted by Crippen LogP contribution is 2.27. The first-order valence-corrected chi connectivity index (χ1v) is 8.52. The smallest absolute Gasteiger partial charge is 0.308 e. The quantitative estimate of drug-likeness (QED) is 0.826. The highest BCUT2D eigenvalue weighted by atomic mass is 16.4. The Labute approximate surface area is 137 Å². The third-order valence-corrected chi connectivity index (χ3v) is 4.88. The normalized spacial score (nSPS) is 28.5. The van der Waals surface area contributed by atoms with E-state index in [4.69, 9.17) is 0 Å². The molecule has 0 spiro atoms. The number of carbonyl (C=O) groups is 3. The van der Waals surface area contributed by atoms with Crippen LogP contribution in [0.1, 0.15) is 52.9 Å². The summed E-state index contributed by atoms with van der Waals surface area (Å²) >= 11 is 0. The summed E-state index contributed by atoms with van der Waals surface area (Å²) in [5.41, 5.74) is -0.446. The number of likely N-dealkylation sites (tertiary alicyclic amines) is 1. The highest BCUT2D eigenvalue weighted by molar-refractivity contribution is 5.84. The molecule has 0 aromatic carbocycles. The Balaban J connectivity index is 1.94. The van der Waals surface area contributed by atoms with Gasteiger partial charge in [0.05, 0.1) is 11.8 Å². The van der Waals surface area contributed by atoms with Crippen LogP contribution in [0.4, 0.5) is 0 Å². The lowest BCUT2D eigenvalue weighted by atomic mass is 9.90. The zero-order valence-electron chi connectivity index (χ0n) is 14.3. The first-order chi connectivity index (χ1) is 10.7. The van der Waals surface area contributed by atoms with E-state index in [1.807, 2.05) is 20.8 Å². The summed E-state index contributed by atoms with van der Waals surface area (Å²) in [6.45, 7) is 6.78. The van der Waals surface area contributed by atoms with Crippen LogP contribution < -0.4 is 5.32 Å². The molecule has 1 aliphatic heterocycles. The number of amides is 2. The summed E-state index contributed by atoms with van der Waals surface area (Å²) in [6.07, 6.45) is 3.75. The number of hydrogen-bond acceptors (Lipinski definition) is 3. The van der Waals surface area contributed by atoms with Gasteiger partial charge in [-0.15, -0.1) is 0 Å². The summed E-state index contributed by atoms with van der Waals surface area (Å²) in [4.78, 5) is 37.9. The largest absolute Gasteiger partial charge is 0.481 e. The lowest BCUT2D eigenvalue weighted by molar-refractivity contribution is -0.143. The van der Waals surface area contributed by atoms with Gasteiger partial charge in [-0.2, -0.15) is 0 Å². The molecule has 1 aliphatic carbocycles. The zero-order chi connectivity index (χ0) is 17.2. The fourth-order valence-electron chi connectivity index (χ4n) is 3.58. The lowest BCUT2D eigenvalue weighted by Crippen LogP contribution is -2.50. The minimum Gasteiger partial charge on any atom is -0.481 e. The molecule has 1 unspecified atom stereocenters. The number of piperidine rings is 1. The average molecular weight is 324 g/mol. The molecule has 1 saturated carbocycles. The Hall–Kier alpha value is -1.59. The van der Waals surface area contributed by atoms with E-state index < -0.39 is 17.3 Å². The molecule has 2 amide bonds. The Morgan fingerprint density at radius 2 is 1.78 bits per heavy atom. The van der Waals surface area contributed by atoms with Gasteiger partial charge in [0.15, 0.2) is 0 Å². The van der Waals surface area contributed by atoms with Crippen LogP contribution in [0.5, 0.6) is 0 Å². The van der Waals surface area contributed by atoms with Gasteiger partial charge in [0.25, 0.3) is 0 Å². The maximum absolute atomic E-state index is 12.5. The molecule has 130 valence electrons. The van der Waals surface area contributed by atoms with Gasteiger partial charge < -0.3 is 15.3 Å². The van der Waals surface area contributed by atoms with Gasteiger partial charge in [-0.3, -0.25) is 14.4 Å². The number of carbonyl (C=O) groups excluding carboxylic acids is 2. The number of rotatable bonds is 3. The van der Waals surface area contributed by atoms with Crippen molar-refractivity contribution >= 4 is 17.8 Å². The van der Waals surface area contributed by atoms with Gasteiger partial charge in [0.1, 0.15) is 0 Å². The van der Waals surface area contributed by atoms with Crippen molar-refractivity contribution < 1.29 is 19.5 Å². The minimum atomic E-state index is -0.832. The van der Waals surface area contributed by atoms with Gasteiger partial charge in [-0.1, -0.05) is 27.2 Å². The molecule has 6 heteroatoms. The molecule has 6 nitrogen and oxygen atoms in total. The van der Waals surface area contributed by atoms with Crippen molar-refractivity contribution in [2.45, 2.75) is 58.9 Å². The number of carboxylic acid groups (broad SMARTS) is 1. The fraction of sp³-hybridized carbons (Fsp3) is 0.824. The molecule has 0 aromatic rings. The Morgan fingerprint density at radius 1 is 1.09 bits per heavy atom. The van der Waals surface area contributed by atoms with E-state index in [0.717, 1.165) is 25.7 Å². The molecule has 0 aromatic heterocycles. The van der Waals surface area contributed by atoms with Crippen molar-refractivity contribution in [1.82, 2.24) is 10.2 Å². The van der Waals surface area contributed by atoms with E-state index in [2.05, 4.69) is 5.32 Å². The van der Waals surface area contributed by atoms with Crippen LogP contribution >= 0.6 is 0 Å². The van der Waals surface area contributed by atoms with Crippen molar-refractivity contribution in [3.8, 4) is 0 Å². The predicted octanol–water partition coefficient (Wildman–Crippen LogP) is 1.64. The van der Waals surface area contributed by atoms with Crippen LogP contribution in [0.25, 0.3) is 0 Å². The molecule has 0 radical (unpaired) electrons. The number of nitrogens with one attached hydrogen (secondary N) is 1.